The molecule has 5 heteroatoms. The summed E-state index contributed by atoms with van der Waals surface area (Å²) in [5.74, 6) is 0.734. The van der Waals surface area contributed by atoms with Crippen LogP contribution in [0.5, 0.6) is 5.75 Å². The van der Waals surface area contributed by atoms with Crippen LogP contribution in [0.2, 0.25) is 18.1 Å². The molecule has 1 N–H and O–H groups in total. The van der Waals surface area contributed by atoms with Gasteiger partial charge in [-0.2, -0.15) is 0 Å². The zero-order valence-corrected chi connectivity index (χ0v) is 14.7. The van der Waals surface area contributed by atoms with Crippen LogP contribution in [-0.4, -0.2) is 30.6 Å². The standard InChI is InChI=1S/C16H27NO3Si/c1-16(2,3)21(4,5)20-14-7-13(8-14)19-15-6-12(11-18)9-17-10-15/h6,9-10,13-14,18H,7-8,11H2,1-5H3. The number of aromatic nitrogens is 1. The van der Waals surface area contributed by atoms with Crippen LogP contribution in [0.3, 0.4) is 0 Å². The predicted molar refractivity (Wildman–Crippen MR) is 85.9 cm³/mol. The second kappa shape index (κ2) is 6.06. The van der Waals surface area contributed by atoms with E-state index in [0.29, 0.717) is 6.10 Å². The third-order valence-corrected chi connectivity index (χ3v) is 9.11. The van der Waals surface area contributed by atoms with E-state index in [-0.39, 0.29) is 17.7 Å². The molecule has 0 atom stereocenters. The fraction of sp³-hybridized carbons (Fsp3) is 0.688. The van der Waals surface area contributed by atoms with Crippen molar-refractivity contribution in [1.82, 2.24) is 4.98 Å². The van der Waals surface area contributed by atoms with Gasteiger partial charge in [0.2, 0.25) is 0 Å². The lowest BCUT2D eigenvalue weighted by atomic mass is 9.92. The molecule has 1 aromatic rings. The zero-order valence-electron chi connectivity index (χ0n) is 13.7. The van der Waals surface area contributed by atoms with Crippen LogP contribution in [0.25, 0.3) is 0 Å². The van der Waals surface area contributed by atoms with Gasteiger partial charge in [-0.15, -0.1) is 0 Å². The van der Waals surface area contributed by atoms with E-state index < -0.39 is 8.32 Å². The maximum atomic E-state index is 9.10. The van der Waals surface area contributed by atoms with E-state index in [1.165, 1.54) is 0 Å². The summed E-state index contributed by atoms with van der Waals surface area (Å²) >= 11 is 0. The van der Waals surface area contributed by atoms with Crippen molar-refractivity contribution in [3.8, 4) is 5.75 Å². The molecule has 0 aliphatic heterocycles. The first-order chi connectivity index (χ1) is 9.71. The van der Waals surface area contributed by atoms with Crippen molar-refractivity contribution >= 4 is 8.32 Å². The number of nitrogens with zero attached hydrogens (tertiary/aromatic N) is 1. The number of aliphatic hydroxyl groups excluding tert-OH is 1. The normalized spacial score (nSPS) is 22.8. The third-order valence-electron chi connectivity index (χ3n) is 4.57. The van der Waals surface area contributed by atoms with E-state index in [4.69, 9.17) is 14.3 Å². The van der Waals surface area contributed by atoms with Crippen molar-refractivity contribution in [3.05, 3.63) is 24.0 Å². The van der Waals surface area contributed by atoms with Gasteiger partial charge in [-0.3, -0.25) is 4.98 Å². The van der Waals surface area contributed by atoms with E-state index in [2.05, 4.69) is 38.8 Å². The quantitative estimate of drug-likeness (QED) is 0.846. The van der Waals surface area contributed by atoms with Crippen LogP contribution in [0.1, 0.15) is 39.2 Å². The minimum absolute atomic E-state index is 0.00796. The molecule has 1 aromatic heterocycles. The van der Waals surface area contributed by atoms with Crippen LogP contribution in [0.15, 0.2) is 18.5 Å². The second-order valence-electron chi connectivity index (χ2n) is 7.40. The first-order valence-electron chi connectivity index (χ1n) is 7.60. The van der Waals surface area contributed by atoms with E-state index in [1.54, 1.807) is 12.4 Å². The summed E-state index contributed by atoms with van der Waals surface area (Å²) in [5.41, 5.74) is 0.779. The molecular formula is C16H27NO3Si. The van der Waals surface area contributed by atoms with E-state index in [0.717, 1.165) is 24.2 Å². The maximum absolute atomic E-state index is 9.10. The minimum atomic E-state index is -1.68. The molecule has 0 bridgehead atoms. The Bertz CT molecular complexity index is 479. The Kier molecular flexibility index (Phi) is 4.75. The Morgan fingerprint density at radius 2 is 1.90 bits per heavy atom. The Morgan fingerprint density at radius 3 is 2.48 bits per heavy atom. The molecule has 2 rings (SSSR count). The molecular weight excluding hydrogens is 282 g/mol. The van der Waals surface area contributed by atoms with Gasteiger partial charge in [0.25, 0.3) is 0 Å². The lowest BCUT2D eigenvalue weighted by molar-refractivity contribution is -0.00337. The highest BCUT2D eigenvalue weighted by molar-refractivity contribution is 6.74. The SMILES string of the molecule is CC(C)(C)[Si](C)(C)OC1CC(Oc2cncc(CO)c2)C1. The van der Waals surface area contributed by atoms with Crippen LogP contribution >= 0.6 is 0 Å². The molecule has 1 aliphatic rings. The first kappa shape index (κ1) is 16.5. The first-order valence-corrected chi connectivity index (χ1v) is 10.5. The lowest BCUT2D eigenvalue weighted by Crippen LogP contribution is -2.50. The number of ether oxygens (including phenoxy) is 1. The van der Waals surface area contributed by atoms with Gasteiger partial charge in [-0.1, -0.05) is 20.8 Å². The predicted octanol–water partition coefficient (Wildman–Crippen LogP) is 3.51. The van der Waals surface area contributed by atoms with Gasteiger partial charge in [0, 0.05) is 19.0 Å². The maximum Gasteiger partial charge on any atom is 0.192 e. The van der Waals surface area contributed by atoms with Crippen LogP contribution in [0, 0.1) is 0 Å². The molecule has 0 spiro atoms. The molecule has 1 heterocycles. The highest BCUT2D eigenvalue weighted by Crippen LogP contribution is 2.40. The highest BCUT2D eigenvalue weighted by Gasteiger charge is 2.43. The summed E-state index contributed by atoms with van der Waals surface area (Å²) in [7, 11) is -1.68. The average Bonchev–Trinajstić information content (AvgIpc) is 2.35. The topological polar surface area (TPSA) is 51.6 Å². The number of aliphatic hydroxyl groups is 1. The molecule has 1 fully saturated rings. The fourth-order valence-electron chi connectivity index (χ4n) is 2.11. The van der Waals surface area contributed by atoms with E-state index >= 15 is 0 Å². The number of rotatable bonds is 5. The zero-order chi connectivity index (χ0) is 15.7. The summed E-state index contributed by atoms with van der Waals surface area (Å²) < 4.78 is 12.2. The molecule has 0 unspecified atom stereocenters. The van der Waals surface area contributed by atoms with Crippen LogP contribution in [0.4, 0.5) is 0 Å². The highest BCUT2D eigenvalue weighted by atomic mass is 28.4. The smallest absolute Gasteiger partial charge is 0.192 e. The van der Waals surface area contributed by atoms with E-state index in [1.807, 2.05) is 6.07 Å². The molecule has 0 amide bonds. The molecule has 1 aliphatic carbocycles. The van der Waals surface area contributed by atoms with Gasteiger partial charge in [0.1, 0.15) is 11.9 Å². The van der Waals surface area contributed by atoms with Crippen molar-refractivity contribution in [2.75, 3.05) is 0 Å². The van der Waals surface area contributed by atoms with Gasteiger partial charge in [-0.25, -0.2) is 0 Å². The van der Waals surface area contributed by atoms with Crippen molar-refractivity contribution in [2.24, 2.45) is 0 Å². The van der Waals surface area contributed by atoms with Gasteiger partial charge in [0.15, 0.2) is 8.32 Å². The summed E-state index contributed by atoms with van der Waals surface area (Å²) in [6.45, 7) is 11.4. The van der Waals surface area contributed by atoms with Crippen molar-refractivity contribution < 1.29 is 14.3 Å². The molecule has 0 aromatic carbocycles. The minimum Gasteiger partial charge on any atom is -0.489 e. The Morgan fingerprint density at radius 1 is 1.24 bits per heavy atom. The lowest BCUT2D eigenvalue weighted by Gasteiger charge is -2.44. The Labute approximate surface area is 128 Å². The van der Waals surface area contributed by atoms with Gasteiger partial charge in [0.05, 0.1) is 18.9 Å². The Balaban J connectivity index is 1.82. The van der Waals surface area contributed by atoms with Crippen LogP contribution < -0.4 is 4.74 Å². The van der Waals surface area contributed by atoms with Crippen molar-refractivity contribution in [3.63, 3.8) is 0 Å². The molecule has 0 saturated heterocycles. The summed E-state index contributed by atoms with van der Waals surface area (Å²) in [4.78, 5) is 4.07. The third kappa shape index (κ3) is 4.05. The van der Waals surface area contributed by atoms with Crippen LogP contribution in [-0.2, 0) is 11.0 Å². The molecule has 1 saturated carbocycles. The van der Waals surface area contributed by atoms with Gasteiger partial charge >= 0.3 is 0 Å². The summed E-state index contributed by atoms with van der Waals surface area (Å²) in [6, 6.07) is 1.84. The van der Waals surface area contributed by atoms with E-state index in [9.17, 15) is 0 Å². The van der Waals surface area contributed by atoms with Gasteiger partial charge in [-0.05, 0) is 29.8 Å². The molecule has 21 heavy (non-hydrogen) atoms. The number of pyridine rings is 1. The van der Waals surface area contributed by atoms with Crippen molar-refractivity contribution in [2.45, 2.75) is 70.6 Å². The Hall–Kier alpha value is -0.913. The fourth-order valence-corrected chi connectivity index (χ4v) is 3.49. The second-order valence-corrected chi connectivity index (χ2v) is 12.2. The summed E-state index contributed by atoms with van der Waals surface area (Å²) in [5, 5.41) is 9.35. The number of hydrogen-bond acceptors (Lipinski definition) is 4. The average molecular weight is 309 g/mol. The van der Waals surface area contributed by atoms with Crippen molar-refractivity contribution in [1.29, 1.82) is 0 Å². The molecule has 118 valence electrons. The molecule has 4 nitrogen and oxygen atoms in total. The number of hydrogen-bond donors (Lipinski definition) is 1. The monoisotopic (exact) mass is 309 g/mol. The molecule has 0 radical (unpaired) electrons. The van der Waals surface area contributed by atoms with Gasteiger partial charge < -0.3 is 14.3 Å². The largest absolute Gasteiger partial charge is 0.489 e. The summed E-state index contributed by atoms with van der Waals surface area (Å²) in [6.07, 6.45) is 5.75.